The van der Waals surface area contributed by atoms with Gasteiger partial charge in [0.15, 0.2) is 5.96 Å². The molecule has 1 aliphatic rings. The molecule has 2 unspecified atom stereocenters. The Morgan fingerprint density at radius 2 is 1.76 bits per heavy atom. The van der Waals surface area contributed by atoms with Crippen LogP contribution in [0.4, 0.5) is 0 Å². The fourth-order valence-corrected chi connectivity index (χ4v) is 3.33. The number of hydrogen-bond acceptors (Lipinski definition) is 3. The molecule has 3 N–H and O–H groups in total. The lowest BCUT2D eigenvalue weighted by Gasteiger charge is -2.35. The topological polar surface area (TPSA) is 68.8 Å². The zero-order valence-corrected chi connectivity index (χ0v) is 19.1. The SMILES string of the molecule is CN=C(NCCCN1CC(C)CC(C)C1)NCC(=O)NC(C)(C)C.I. The van der Waals surface area contributed by atoms with Gasteiger partial charge in [-0.2, -0.15) is 0 Å². The normalized spacial score (nSPS) is 22.1. The smallest absolute Gasteiger partial charge is 0.239 e. The van der Waals surface area contributed by atoms with E-state index in [0.29, 0.717) is 5.96 Å². The maximum absolute atomic E-state index is 11.8. The second-order valence-corrected chi connectivity index (χ2v) is 8.21. The molecule has 2 atom stereocenters. The molecule has 0 aromatic carbocycles. The minimum Gasteiger partial charge on any atom is -0.356 e. The van der Waals surface area contributed by atoms with Crippen LogP contribution in [0, 0.1) is 11.8 Å². The Bertz CT molecular complexity index is 412. The summed E-state index contributed by atoms with van der Waals surface area (Å²) in [7, 11) is 1.73. The lowest BCUT2D eigenvalue weighted by molar-refractivity contribution is -0.121. The second-order valence-electron chi connectivity index (χ2n) is 8.21. The molecule has 7 heteroatoms. The van der Waals surface area contributed by atoms with Gasteiger partial charge < -0.3 is 20.9 Å². The van der Waals surface area contributed by atoms with Gasteiger partial charge >= 0.3 is 0 Å². The molecule has 1 rings (SSSR count). The van der Waals surface area contributed by atoms with Crippen molar-refractivity contribution >= 4 is 35.8 Å². The Labute approximate surface area is 171 Å². The van der Waals surface area contributed by atoms with Crippen molar-refractivity contribution in [2.45, 2.75) is 53.0 Å². The first kappa shape index (κ1) is 24.4. The number of rotatable bonds is 6. The first-order chi connectivity index (χ1) is 11.2. The number of carbonyl (C=O) groups is 1. The van der Waals surface area contributed by atoms with Crippen molar-refractivity contribution in [3.63, 3.8) is 0 Å². The van der Waals surface area contributed by atoms with Crippen LogP contribution < -0.4 is 16.0 Å². The Kier molecular flexibility index (Phi) is 11.7. The maximum Gasteiger partial charge on any atom is 0.239 e. The van der Waals surface area contributed by atoms with E-state index in [1.807, 2.05) is 20.8 Å². The largest absolute Gasteiger partial charge is 0.356 e. The van der Waals surface area contributed by atoms with E-state index in [2.05, 4.69) is 39.7 Å². The van der Waals surface area contributed by atoms with Crippen LogP contribution in [0.25, 0.3) is 0 Å². The Hall–Kier alpha value is -0.570. The number of halogens is 1. The molecule has 0 spiro atoms. The summed E-state index contributed by atoms with van der Waals surface area (Å²) in [5, 5.41) is 9.27. The first-order valence-electron chi connectivity index (χ1n) is 9.17. The van der Waals surface area contributed by atoms with E-state index in [-0.39, 0.29) is 42.0 Å². The van der Waals surface area contributed by atoms with Crippen LogP contribution in [0.3, 0.4) is 0 Å². The van der Waals surface area contributed by atoms with Crippen molar-refractivity contribution in [3.05, 3.63) is 0 Å². The van der Waals surface area contributed by atoms with Gasteiger partial charge in [0.25, 0.3) is 0 Å². The summed E-state index contributed by atoms with van der Waals surface area (Å²) in [5.41, 5.74) is -0.210. The molecule has 148 valence electrons. The molecule has 1 aliphatic heterocycles. The average molecular weight is 467 g/mol. The van der Waals surface area contributed by atoms with Gasteiger partial charge in [0.05, 0.1) is 6.54 Å². The summed E-state index contributed by atoms with van der Waals surface area (Å²) >= 11 is 0. The standard InChI is InChI=1S/C18H37N5O.HI/c1-14-10-15(2)13-23(12-14)9-7-8-20-17(19-6)21-11-16(24)22-18(3,4)5;/h14-15H,7-13H2,1-6H3,(H,22,24)(H2,19,20,21);1H. The monoisotopic (exact) mass is 467 g/mol. The van der Waals surface area contributed by atoms with Crippen LogP contribution in [0.1, 0.15) is 47.5 Å². The van der Waals surface area contributed by atoms with E-state index < -0.39 is 0 Å². The molecule has 6 nitrogen and oxygen atoms in total. The average Bonchev–Trinajstić information content (AvgIpc) is 2.43. The van der Waals surface area contributed by atoms with Crippen LogP contribution >= 0.6 is 24.0 Å². The lowest BCUT2D eigenvalue weighted by atomic mass is 9.92. The molecule has 1 fully saturated rings. The van der Waals surface area contributed by atoms with Crippen molar-refractivity contribution in [1.82, 2.24) is 20.9 Å². The Morgan fingerprint density at radius 3 is 2.28 bits per heavy atom. The maximum atomic E-state index is 11.8. The van der Waals surface area contributed by atoms with Crippen LogP contribution in [0.2, 0.25) is 0 Å². The quantitative estimate of drug-likeness (QED) is 0.242. The van der Waals surface area contributed by atoms with Gasteiger partial charge in [0, 0.05) is 32.2 Å². The van der Waals surface area contributed by atoms with Gasteiger partial charge in [-0.25, -0.2) is 0 Å². The molecule has 0 aliphatic carbocycles. The molecular weight excluding hydrogens is 429 g/mol. The van der Waals surface area contributed by atoms with Gasteiger partial charge in [-0.05, 0) is 52.0 Å². The highest BCUT2D eigenvalue weighted by Gasteiger charge is 2.21. The minimum atomic E-state index is -0.210. The highest BCUT2D eigenvalue weighted by molar-refractivity contribution is 14.0. The fourth-order valence-electron chi connectivity index (χ4n) is 3.33. The van der Waals surface area contributed by atoms with E-state index >= 15 is 0 Å². The molecule has 0 bridgehead atoms. The van der Waals surface area contributed by atoms with Gasteiger partial charge in [0.1, 0.15) is 0 Å². The Morgan fingerprint density at radius 1 is 1.16 bits per heavy atom. The molecule has 0 aromatic heterocycles. The number of hydrogen-bond donors (Lipinski definition) is 3. The highest BCUT2D eigenvalue weighted by Crippen LogP contribution is 2.20. The van der Waals surface area contributed by atoms with Crippen LogP contribution in [0.15, 0.2) is 4.99 Å². The fraction of sp³-hybridized carbons (Fsp3) is 0.889. The predicted octanol–water partition coefficient (Wildman–Crippen LogP) is 2.05. The number of nitrogens with zero attached hydrogens (tertiary/aromatic N) is 2. The zero-order valence-electron chi connectivity index (χ0n) is 16.8. The number of nitrogens with one attached hydrogen (secondary N) is 3. The summed E-state index contributed by atoms with van der Waals surface area (Å²) in [6.07, 6.45) is 2.43. The third-order valence-corrected chi connectivity index (χ3v) is 4.04. The molecule has 1 saturated heterocycles. The third kappa shape index (κ3) is 11.6. The first-order valence-corrected chi connectivity index (χ1v) is 9.17. The molecule has 0 saturated carbocycles. The van der Waals surface area contributed by atoms with Crippen LogP contribution in [-0.4, -0.2) is 62.1 Å². The van der Waals surface area contributed by atoms with E-state index in [1.165, 1.54) is 19.5 Å². The van der Waals surface area contributed by atoms with E-state index in [0.717, 1.165) is 31.3 Å². The van der Waals surface area contributed by atoms with Crippen LogP contribution in [0.5, 0.6) is 0 Å². The zero-order chi connectivity index (χ0) is 18.2. The number of aliphatic imine (C=N–C) groups is 1. The third-order valence-electron chi connectivity index (χ3n) is 4.04. The summed E-state index contributed by atoms with van der Waals surface area (Å²) in [5.74, 6) is 2.26. The number of likely N-dealkylation sites (tertiary alicyclic amines) is 1. The summed E-state index contributed by atoms with van der Waals surface area (Å²) in [6.45, 7) is 15.2. The minimum absolute atomic E-state index is 0. The summed E-state index contributed by atoms with van der Waals surface area (Å²) < 4.78 is 0. The molecule has 1 amide bonds. The van der Waals surface area contributed by atoms with Gasteiger partial charge in [0.2, 0.25) is 5.91 Å². The lowest BCUT2D eigenvalue weighted by Crippen LogP contribution is -2.48. The van der Waals surface area contributed by atoms with Gasteiger partial charge in [-0.3, -0.25) is 9.79 Å². The molecule has 25 heavy (non-hydrogen) atoms. The summed E-state index contributed by atoms with van der Waals surface area (Å²) in [4.78, 5) is 18.5. The van der Waals surface area contributed by atoms with E-state index in [4.69, 9.17) is 0 Å². The molecule has 1 heterocycles. The molecule has 0 aromatic rings. The van der Waals surface area contributed by atoms with Crippen molar-refractivity contribution in [2.75, 3.05) is 39.8 Å². The molecular formula is C18H38IN5O. The van der Waals surface area contributed by atoms with Crippen molar-refractivity contribution < 1.29 is 4.79 Å². The Balaban J connectivity index is 0.00000576. The van der Waals surface area contributed by atoms with Crippen molar-refractivity contribution in [1.29, 1.82) is 0 Å². The van der Waals surface area contributed by atoms with E-state index in [1.54, 1.807) is 7.05 Å². The van der Waals surface area contributed by atoms with Gasteiger partial charge in [-0.1, -0.05) is 13.8 Å². The second kappa shape index (κ2) is 11.9. The highest BCUT2D eigenvalue weighted by atomic mass is 127. The van der Waals surface area contributed by atoms with E-state index in [9.17, 15) is 4.79 Å². The van der Waals surface area contributed by atoms with Gasteiger partial charge in [-0.15, -0.1) is 24.0 Å². The van der Waals surface area contributed by atoms with Crippen molar-refractivity contribution in [3.8, 4) is 0 Å². The predicted molar refractivity (Wildman–Crippen MR) is 117 cm³/mol. The number of guanidine groups is 1. The van der Waals surface area contributed by atoms with Crippen molar-refractivity contribution in [2.24, 2.45) is 16.8 Å². The number of piperidine rings is 1. The number of amides is 1. The molecule has 0 radical (unpaired) electrons. The summed E-state index contributed by atoms with van der Waals surface area (Å²) in [6, 6.07) is 0. The van der Waals surface area contributed by atoms with Crippen LogP contribution in [-0.2, 0) is 4.79 Å². The number of carbonyl (C=O) groups excluding carboxylic acids is 1.